The van der Waals surface area contributed by atoms with Crippen LogP contribution in [0.3, 0.4) is 0 Å². The molecule has 0 aromatic rings. The number of hydrogen-bond donors (Lipinski definition) is 2. The van der Waals surface area contributed by atoms with Crippen LogP contribution in [0.2, 0.25) is 0 Å². The zero-order valence-corrected chi connectivity index (χ0v) is 6.82. The van der Waals surface area contributed by atoms with Gasteiger partial charge in [0.2, 0.25) is 0 Å². The van der Waals surface area contributed by atoms with E-state index in [1.165, 1.54) is 6.26 Å². The number of nitrogens with one attached hydrogen (secondary N) is 2. The summed E-state index contributed by atoms with van der Waals surface area (Å²) in [6, 6.07) is 0. The lowest BCUT2D eigenvalue weighted by molar-refractivity contribution is 0.109. The third-order valence-electron chi connectivity index (χ3n) is 1.26. The molecule has 5 heteroatoms. The zero-order valence-electron chi connectivity index (χ0n) is 6.82. The molecular formula is C7H13N3O2. The van der Waals surface area contributed by atoms with Crippen LogP contribution >= 0.6 is 0 Å². The van der Waals surface area contributed by atoms with Gasteiger partial charge in [-0.3, -0.25) is 0 Å². The first-order valence-electron chi connectivity index (χ1n) is 3.87. The van der Waals surface area contributed by atoms with Gasteiger partial charge < -0.3 is 14.9 Å². The second-order valence-electron chi connectivity index (χ2n) is 2.18. The Morgan fingerprint density at radius 3 is 2.25 bits per heavy atom. The predicted octanol–water partition coefficient (Wildman–Crippen LogP) is -0.373. The Kier molecular flexibility index (Phi) is 4.98. The Labute approximate surface area is 71.4 Å². The van der Waals surface area contributed by atoms with E-state index < -0.39 is 0 Å². The molecule has 2 aliphatic rings. The van der Waals surface area contributed by atoms with Gasteiger partial charge in [-0.1, -0.05) is 0 Å². The van der Waals surface area contributed by atoms with Crippen molar-refractivity contribution in [2.75, 3.05) is 26.3 Å². The highest BCUT2D eigenvalue weighted by Crippen LogP contribution is 1.76. The molecule has 5 nitrogen and oxygen atoms in total. The maximum Gasteiger partial charge on any atom is 0.122 e. The summed E-state index contributed by atoms with van der Waals surface area (Å²) in [5.41, 5.74) is 2.27. The molecule has 2 aliphatic heterocycles. The molecule has 0 atom stereocenters. The lowest BCUT2D eigenvalue weighted by Crippen LogP contribution is -2.30. The Morgan fingerprint density at radius 1 is 1.25 bits per heavy atom. The molecule has 0 spiro atoms. The van der Waals surface area contributed by atoms with Crippen molar-refractivity contribution in [3.8, 4) is 0 Å². The van der Waals surface area contributed by atoms with E-state index in [9.17, 15) is 0 Å². The molecule has 68 valence electrons. The van der Waals surface area contributed by atoms with E-state index in [0.29, 0.717) is 0 Å². The summed E-state index contributed by atoms with van der Waals surface area (Å²) >= 11 is 0. The van der Waals surface area contributed by atoms with E-state index in [0.717, 1.165) is 26.3 Å². The minimum atomic E-state index is 0.889. The molecule has 0 unspecified atom stereocenters. The molecule has 0 saturated carbocycles. The summed E-state index contributed by atoms with van der Waals surface area (Å²) < 4.78 is 5.01. The molecule has 0 aromatic heterocycles. The molecule has 0 aromatic carbocycles. The van der Waals surface area contributed by atoms with Gasteiger partial charge in [0, 0.05) is 13.1 Å². The van der Waals surface area contributed by atoms with Gasteiger partial charge in [-0.2, -0.15) is 5.10 Å². The quantitative estimate of drug-likeness (QED) is 0.522. The van der Waals surface area contributed by atoms with Crippen molar-refractivity contribution in [2.45, 2.75) is 0 Å². The first-order valence-corrected chi connectivity index (χ1v) is 3.87. The number of morpholine rings is 1. The Morgan fingerprint density at radius 2 is 2.08 bits per heavy atom. The van der Waals surface area contributed by atoms with Crippen LogP contribution in [0.15, 0.2) is 17.4 Å². The minimum Gasteiger partial charge on any atom is -0.379 e. The van der Waals surface area contributed by atoms with E-state index >= 15 is 0 Å². The van der Waals surface area contributed by atoms with Gasteiger partial charge in [-0.15, -0.1) is 5.59 Å². The van der Waals surface area contributed by atoms with Crippen molar-refractivity contribution in [1.29, 1.82) is 0 Å². The van der Waals surface area contributed by atoms with Crippen LogP contribution < -0.4 is 10.9 Å². The lowest BCUT2D eigenvalue weighted by atomic mass is 10.5. The van der Waals surface area contributed by atoms with Gasteiger partial charge in [0.15, 0.2) is 0 Å². The zero-order chi connectivity index (χ0) is 8.49. The summed E-state index contributed by atoms with van der Waals surface area (Å²) in [6.07, 6.45) is 4.80. The van der Waals surface area contributed by atoms with Crippen LogP contribution in [0.1, 0.15) is 0 Å². The maximum atomic E-state index is 5.01. The number of ether oxygens (including phenoxy) is 1. The van der Waals surface area contributed by atoms with Crippen molar-refractivity contribution in [3.63, 3.8) is 0 Å². The van der Waals surface area contributed by atoms with Crippen LogP contribution in [-0.2, 0) is 9.57 Å². The van der Waals surface area contributed by atoms with Crippen molar-refractivity contribution >= 4 is 6.21 Å². The van der Waals surface area contributed by atoms with Crippen LogP contribution in [0.5, 0.6) is 0 Å². The van der Waals surface area contributed by atoms with Crippen LogP contribution in [0.4, 0.5) is 0 Å². The molecule has 2 heterocycles. The highest BCUT2D eigenvalue weighted by atomic mass is 16.7. The van der Waals surface area contributed by atoms with Crippen LogP contribution in [0.25, 0.3) is 0 Å². The minimum absolute atomic E-state index is 0.889. The number of hydrazone groups is 1. The molecule has 0 aliphatic carbocycles. The van der Waals surface area contributed by atoms with Gasteiger partial charge in [-0.05, 0) is 6.08 Å². The highest BCUT2D eigenvalue weighted by molar-refractivity contribution is 5.70. The molecule has 0 amide bonds. The fourth-order valence-electron chi connectivity index (χ4n) is 0.724. The summed E-state index contributed by atoms with van der Waals surface area (Å²) in [4.78, 5) is 4.44. The van der Waals surface area contributed by atoms with E-state index in [1.807, 2.05) is 0 Å². The molecular weight excluding hydrogens is 158 g/mol. The van der Waals surface area contributed by atoms with Crippen molar-refractivity contribution in [1.82, 2.24) is 10.9 Å². The van der Waals surface area contributed by atoms with Crippen LogP contribution in [0, 0.1) is 0 Å². The summed E-state index contributed by atoms with van der Waals surface area (Å²) in [5, 5.41) is 6.65. The van der Waals surface area contributed by atoms with Gasteiger partial charge >= 0.3 is 0 Å². The second kappa shape index (κ2) is 6.63. The average molecular weight is 171 g/mol. The van der Waals surface area contributed by atoms with E-state index in [-0.39, 0.29) is 0 Å². The smallest absolute Gasteiger partial charge is 0.122 e. The fraction of sp³-hybridized carbons (Fsp3) is 0.571. The van der Waals surface area contributed by atoms with Gasteiger partial charge in [0.1, 0.15) is 6.26 Å². The SMILES string of the molecule is C1=CONN=C1.C1COCCN1. The third kappa shape index (κ3) is 4.70. The maximum absolute atomic E-state index is 5.01. The Bertz CT molecular complexity index is 131. The van der Waals surface area contributed by atoms with Gasteiger partial charge in [-0.25, -0.2) is 0 Å². The molecule has 2 N–H and O–H groups in total. The monoisotopic (exact) mass is 171 g/mol. The van der Waals surface area contributed by atoms with Crippen molar-refractivity contribution < 1.29 is 9.57 Å². The second-order valence-corrected chi connectivity index (χ2v) is 2.18. The highest BCUT2D eigenvalue weighted by Gasteiger charge is 1.92. The van der Waals surface area contributed by atoms with Crippen molar-refractivity contribution in [3.05, 3.63) is 12.3 Å². The van der Waals surface area contributed by atoms with Gasteiger partial charge in [0.25, 0.3) is 0 Å². The van der Waals surface area contributed by atoms with E-state index in [2.05, 4.69) is 20.8 Å². The summed E-state index contributed by atoms with van der Waals surface area (Å²) in [5.74, 6) is 0. The standard InChI is InChI=1S/C4H9NO.C3H4N2O/c1-3-6-4-2-5-1;1-2-4-5-6-3-1/h5H,1-4H2;1-3,5H. The summed E-state index contributed by atoms with van der Waals surface area (Å²) in [6.45, 7) is 3.83. The van der Waals surface area contributed by atoms with E-state index in [1.54, 1.807) is 12.3 Å². The van der Waals surface area contributed by atoms with Gasteiger partial charge in [0.05, 0.1) is 19.4 Å². The predicted molar refractivity (Wildman–Crippen MR) is 45.5 cm³/mol. The summed E-state index contributed by atoms with van der Waals surface area (Å²) in [7, 11) is 0. The topological polar surface area (TPSA) is 54.9 Å². The van der Waals surface area contributed by atoms with Crippen LogP contribution in [-0.4, -0.2) is 32.5 Å². The number of nitrogens with zero attached hydrogens (tertiary/aromatic N) is 1. The third-order valence-corrected chi connectivity index (χ3v) is 1.26. The number of allylic oxidation sites excluding steroid dienone is 1. The Hall–Kier alpha value is -1.07. The molecule has 1 saturated heterocycles. The first-order chi connectivity index (χ1) is 6.00. The lowest BCUT2D eigenvalue weighted by Gasteiger charge is -2.10. The Balaban J connectivity index is 0.000000120. The van der Waals surface area contributed by atoms with E-state index in [4.69, 9.17) is 4.74 Å². The van der Waals surface area contributed by atoms with Crippen molar-refractivity contribution in [2.24, 2.45) is 5.10 Å². The number of rotatable bonds is 0. The molecule has 0 radical (unpaired) electrons. The number of hydrogen-bond acceptors (Lipinski definition) is 5. The fourth-order valence-corrected chi connectivity index (χ4v) is 0.724. The normalized spacial score (nSPS) is 20.0. The molecule has 0 bridgehead atoms. The molecule has 1 fully saturated rings. The molecule has 2 rings (SSSR count). The molecule has 12 heavy (non-hydrogen) atoms. The average Bonchev–Trinajstić information content (AvgIpc) is 2.24. The largest absolute Gasteiger partial charge is 0.379 e. The first kappa shape index (κ1) is 9.02.